The van der Waals surface area contributed by atoms with Gasteiger partial charge in [-0.25, -0.2) is 0 Å². The van der Waals surface area contributed by atoms with Crippen LogP contribution in [-0.2, 0) is 4.74 Å². The fraction of sp³-hybridized carbons (Fsp3) is 1.00. The van der Waals surface area contributed by atoms with Crippen LogP contribution in [0.4, 0.5) is 0 Å². The lowest BCUT2D eigenvalue weighted by molar-refractivity contribution is 0.00774. The molecule has 0 aromatic rings. The summed E-state index contributed by atoms with van der Waals surface area (Å²) < 4.78 is 5.57. The lowest BCUT2D eigenvalue weighted by atomic mass is 10.1. The van der Waals surface area contributed by atoms with Crippen molar-refractivity contribution in [3.63, 3.8) is 0 Å². The van der Waals surface area contributed by atoms with Gasteiger partial charge in [0.2, 0.25) is 0 Å². The molecule has 1 aliphatic heterocycles. The lowest BCUT2D eigenvalue weighted by Gasteiger charge is -2.31. The molecule has 1 fully saturated rings. The van der Waals surface area contributed by atoms with Crippen molar-refractivity contribution in [3.05, 3.63) is 0 Å². The van der Waals surface area contributed by atoms with E-state index in [0.717, 1.165) is 25.6 Å². The van der Waals surface area contributed by atoms with Gasteiger partial charge in [0.25, 0.3) is 0 Å². The quantitative estimate of drug-likeness (QED) is 0.628. The maximum absolute atomic E-state index is 5.68. The highest BCUT2D eigenvalue weighted by molar-refractivity contribution is 6.18. The zero-order chi connectivity index (χ0) is 8.81. The summed E-state index contributed by atoms with van der Waals surface area (Å²) in [5, 5.41) is 0. The highest BCUT2D eigenvalue weighted by atomic mass is 35.5. The molecule has 0 spiro atoms. The van der Waals surface area contributed by atoms with Gasteiger partial charge in [0.15, 0.2) is 0 Å². The Bertz CT molecular complexity index is 105. The van der Waals surface area contributed by atoms with Crippen LogP contribution in [0.15, 0.2) is 0 Å². The molecule has 2 nitrogen and oxygen atoms in total. The first-order valence-corrected chi connectivity index (χ1v) is 5.30. The van der Waals surface area contributed by atoms with E-state index in [2.05, 4.69) is 11.8 Å². The van der Waals surface area contributed by atoms with Gasteiger partial charge < -0.3 is 4.74 Å². The lowest BCUT2D eigenvalue weighted by Crippen LogP contribution is -2.40. The predicted octanol–water partition coefficient (Wildman–Crippen LogP) is 1.73. The van der Waals surface area contributed by atoms with E-state index in [0.29, 0.717) is 6.10 Å². The Labute approximate surface area is 79.8 Å². The second-order valence-corrected chi connectivity index (χ2v) is 3.59. The number of hydrogen-bond acceptors (Lipinski definition) is 2. The molecule has 1 rings (SSSR count). The summed E-state index contributed by atoms with van der Waals surface area (Å²) in [5.41, 5.74) is 0. The molecule has 0 aromatic heterocycles. The molecule has 0 bridgehead atoms. The van der Waals surface area contributed by atoms with Crippen LogP contribution in [0.1, 0.15) is 19.8 Å². The number of ether oxygens (including phenoxy) is 1. The van der Waals surface area contributed by atoms with E-state index >= 15 is 0 Å². The van der Waals surface area contributed by atoms with E-state index in [1.54, 1.807) is 0 Å². The maximum atomic E-state index is 5.68. The number of piperidine rings is 1. The SMILES string of the molecule is CCOC1CCCN(CCCl)C1. The molecule has 1 heterocycles. The first-order chi connectivity index (χ1) is 5.86. The van der Waals surface area contributed by atoms with Crippen molar-refractivity contribution >= 4 is 11.6 Å². The Morgan fingerprint density at radius 2 is 2.42 bits per heavy atom. The molecule has 0 aromatic carbocycles. The molecule has 72 valence electrons. The number of alkyl halides is 1. The van der Waals surface area contributed by atoms with Gasteiger partial charge in [-0.3, -0.25) is 4.90 Å². The second-order valence-electron chi connectivity index (χ2n) is 3.21. The third-order valence-electron chi connectivity index (χ3n) is 2.27. The van der Waals surface area contributed by atoms with E-state index in [4.69, 9.17) is 16.3 Å². The molecular weight excluding hydrogens is 174 g/mol. The summed E-state index contributed by atoms with van der Waals surface area (Å²) in [5.74, 6) is 0.735. The van der Waals surface area contributed by atoms with Crippen LogP contribution in [0.3, 0.4) is 0 Å². The number of rotatable bonds is 4. The first kappa shape index (κ1) is 10.3. The third-order valence-corrected chi connectivity index (χ3v) is 2.43. The van der Waals surface area contributed by atoms with E-state index in [9.17, 15) is 0 Å². The van der Waals surface area contributed by atoms with Crippen LogP contribution in [0.5, 0.6) is 0 Å². The Morgan fingerprint density at radius 1 is 1.58 bits per heavy atom. The first-order valence-electron chi connectivity index (χ1n) is 4.76. The molecule has 12 heavy (non-hydrogen) atoms. The fourth-order valence-corrected chi connectivity index (χ4v) is 1.95. The zero-order valence-corrected chi connectivity index (χ0v) is 8.52. The van der Waals surface area contributed by atoms with E-state index < -0.39 is 0 Å². The summed E-state index contributed by atoms with van der Waals surface area (Å²) in [7, 11) is 0. The van der Waals surface area contributed by atoms with E-state index in [1.807, 2.05) is 0 Å². The predicted molar refractivity (Wildman–Crippen MR) is 51.8 cm³/mol. The molecule has 3 heteroatoms. The van der Waals surface area contributed by atoms with Crippen molar-refractivity contribution in [1.82, 2.24) is 4.90 Å². The van der Waals surface area contributed by atoms with Gasteiger partial charge in [-0.2, -0.15) is 0 Å². The summed E-state index contributed by atoms with van der Waals surface area (Å²) in [4.78, 5) is 2.39. The average Bonchev–Trinajstić information content (AvgIpc) is 2.06. The number of nitrogens with zero attached hydrogens (tertiary/aromatic N) is 1. The van der Waals surface area contributed by atoms with E-state index in [-0.39, 0.29) is 0 Å². The van der Waals surface area contributed by atoms with Gasteiger partial charge in [0, 0.05) is 25.6 Å². The van der Waals surface area contributed by atoms with Gasteiger partial charge >= 0.3 is 0 Å². The van der Waals surface area contributed by atoms with Gasteiger partial charge in [0.05, 0.1) is 6.10 Å². The standard InChI is InChI=1S/C9H18ClNO/c1-2-12-9-4-3-6-11(8-9)7-5-10/h9H,2-8H2,1H3. The van der Waals surface area contributed by atoms with Crippen LogP contribution in [0, 0.1) is 0 Å². The Hall–Kier alpha value is 0.210. The van der Waals surface area contributed by atoms with Gasteiger partial charge in [-0.05, 0) is 26.3 Å². The number of hydrogen-bond donors (Lipinski definition) is 0. The molecule has 0 amide bonds. The van der Waals surface area contributed by atoms with Crippen LogP contribution in [0.25, 0.3) is 0 Å². The molecule has 0 saturated carbocycles. The van der Waals surface area contributed by atoms with Crippen molar-refractivity contribution in [2.75, 3.05) is 32.1 Å². The van der Waals surface area contributed by atoms with Gasteiger partial charge in [-0.15, -0.1) is 11.6 Å². The zero-order valence-electron chi connectivity index (χ0n) is 7.76. The molecule has 1 saturated heterocycles. The summed E-state index contributed by atoms with van der Waals surface area (Å²) in [6, 6.07) is 0. The van der Waals surface area contributed by atoms with Crippen molar-refractivity contribution in [3.8, 4) is 0 Å². The van der Waals surface area contributed by atoms with Crippen LogP contribution in [-0.4, -0.2) is 43.1 Å². The molecule has 0 N–H and O–H groups in total. The topological polar surface area (TPSA) is 12.5 Å². The van der Waals surface area contributed by atoms with Crippen molar-refractivity contribution in [1.29, 1.82) is 0 Å². The highest BCUT2D eigenvalue weighted by Crippen LogP contribution is 2.12. The minimum absolute atomic E-state index is 0.451. The third kappa shape index (κ3) is 3.30. The monoisotopic (exact) mass is 191 g/mol. The Morgan fingerprint density at radius 3 is 3.08 bits per heavy atom. The maximum Gasteiger partial charge on any atom is 0.0702 e. The molecular formula is C9H18ClNO. The molecule has 1 unspecified atom stereocenters. The molecule has 0 aliphatic carbocycles. The van der Waals surface area contributed by atoms with Crippen LogP contribution < -0.4 is 0 Å². The summed E-state index contributed by atoms with van der Waals surface area (Å²) in [6.07, 6.45) is 2.92. The molecule has 0 radical (unpaired) electrons. The minimum Gasteiger partial charge on any atom is -0.377 e. The van der Waals surface area contributed by atoms with Crippen molar-refractivity contribution in [2.45, 2.75) is 25.9 Å². The number of likely N-dealkylation sites (tertiary alicyclic amines) is 1. The summed E-state index contributed by atoms with van der Waals surface area (Å²) in [6.45, 7) is 6.15. The second kappa shape index (κ2) is 5.79. The van der Waals surface area contributed by atoms with Gasteiger partial charge in [0.1, 0.15) is 0 Å². The van der Waals surface area contributed by atoms with E-state index in [1.165, 1.54) is 19.4 Å². The fourth-order valence-electron chi connectivity index (χ4n) is 1.71. The van der Waals surface area contributed by atoms with Crippen molar-refractivity contribution < 1.29 is 4.74 Å². The van der Waals surface area contributed by atoms with Gasteiger partial charge in [-0.1, -0.05) is 0 Å². The van der Waals surface area contributed by atoms with Crippen LogP contribution in [0.2, 0.25) is 0 Å². The summed E-state index contributed by atoms with van der Waals surface area (Å²) >= 11 is 5.68. The molecule has 1 atom stereocenters. The normalized spacial score (nSPS) is 26.0. The Balaban J connectivity index is 2.20. The van der Waals surface area contributed by atoms with Crippen molar-refractivity contribution in [2.24, 2.45) is 0 Å². The minimum atomic E-state index is 0.451. The largest absolute Gasteiger partial charge is 0.377 e. The highest BCUT2D eigenvalue weighted by Gasteiger charge is 2.18. The molecule has 1 aliphatic rings. The van der Waals surface area contributed by atoms with Crippen LogP contribution >= 0.6 is 11.6 Å². The number of halogens is 1. The smallest absolute Gasteiger partial charge is 0.0702 e. The average molecular weight is 192 g/mol. The Kier molecular flexibility index (Phi) is 4.96.